The van der Waals surface area contributed by atoms with Gasteiger partial charge in [0.15, 0.2) is 5.84 Å². The van der Waals surface area contributed by atoms with Crippen molar-refractivity contribution < 1.29 is 10.3 Å². The number of rotatable bonds is 5. The molecule has 0 aliphatic heterocycles. The van der Waals surface area contributed by atoms with Gasteiger partial charge in [-0.15, -0.1) is 0 Å². The Balaban J connectivity index is 2.72. The number of oxime groups is 1. The quantitative estimate of drug-likeness (QED) is 0.237. The molecule has 0 amide bonds. The van der Waals surface area contributed by atoms with Crippen LogP contribution in [0.1, 0.15) is 18.2 Å². The van der Waals surface area contributed by atoms with Crippen molar-refractivity contribution in [3.05, 3.63) is 29.6 Å². The van der Waals surface area contributed by atoms with Crippen molar-refractivity contribution in [3.8, 4) is 0 Å². The molecule has 1 atom stereocenters. The van der Waals surface area contributed by atoms with Gasteiger partial charge in [0.25, 0.3) is 0 Å². The van der Waals surface area contributed by atoms with Crippen LogP contribution in [0, 0.1) is 0 Å². The van der Waals surface area contributed by atoms with Gasteiger partial charge < -0.3 is 21.4 Å². The molecule has 0 radical (unpaired) electrons. The first-order chi connectivity index (χ1) is 7.65. The molecule has 1 heterocycles. The zero-order valence-corrected chi connectivity index (χ0v) is 9.09. The molecular formula is C10H16N4O2. The molecule has 0 fully saturated rings. The van der Waals surface area contributed by atoms with Crippen LogP contribution in [0.2, 0.25) is 0 Å². The average Bonchev–Trinajstić information content (AvgIpc) is 2.28. The second-order valence-electron chi connectivity index (χ2n) is 3.48. The highest BCUT2D eigenvalue weighted by atomic mass is 16.4. The number of pyridine rings is 1. The molecule has 1 rings (SSSR count). The van der Waals surface area contributed by atoms with Crippen LogP contribution in [-0.4, -0.2) is 33.8 Å². The molecule has 0 saturated heterocycles. The molecule has 0 spiro atoms. The van der Waals surface area contributed by atoms with E-state index in [-0.39, 0.29) is 5.84 Å². The first-order valence-corrected chi connectivity index (χ1v) is 4.95. The molecule has 16 heavy (non-hydrogen) atoms. The van der Waals surface area contributed by atoms with Gasteiger partial charge in [0.05, 0.1) is 6.10 Å². The molecule has 0 saturated carbocycles. The molecule has 5 N–H and O–H groups in total. The Morgan fingerprint density at radius 1 is 1.69 bits per heavy atom. The van der Waals surface area contributed by atoms with Gasteiger partial charge in [-0.05, 0) is 18.6 Å². The van der Waals surface area contributed by atoms with Crippen LogP contribution in [-0.2, 0) is 6.54 Å². The van der Waals surface area contributed by atoms with Crippen molar-refractivity contribution in [2.24, 2.45) is 10.9 Å². The minimum absolute atomic E-state index is 0.0190. The highest BCUT2D eigenvalue weighted by molar-refractivity contribution is 5.96. The number of aliphatic hydroxyl groups excluding tert-OH is 1. The Morgan fingerprint density at radius 2 is 2.44 bits per heavy atom. The van der Waals surface area contributed by atoms with Gasteiger partial charge in [-0.3, -0.25) is 4.98 Å². The molecule has 6 heteroatoms. The lowest BCUT2D eigenvalue weighted by Gasteiger charge is -2.09. The topological polar surface area (TPSA) is 104 Å². The fraction of sp³-hybridized carbons (Fsp3) is 0.400. The summed E-state index contributed by atoms with van der Waals surface area (Å²) in [6.07, 6.45) is 1.16. The fourth-order valence-electron chi connectivity index (χ4n) is 1.27. The minimum atomic E-state index is -0.413. The third-order valence-corrected chi connectivity index (χ3v) is 2.00. The lowest BCUT2D eigenvalue weighted by atomic mass is 10.2. The first-order valence-electron chi connectivity index (χ1n) is 4.95. The summed E-state index contributed by atoms with van der Waals surface area (Å²) in [4.78, 5) is 4.03. The predicted octanol–water partition coefficient (Wildman–Crippen LogP) is -0.353. The van der Waals surface area contributed by atoms with Crippen molar-refractivity contribution in [3.63, 3.8) is 0 Å². The Bertz CT molecular complexity index is 366. The van der Waals surface area contributed by atoms with Crippen molar-refractivity contribution in [2.75, 3.05) is 6.54 Å². The molecule has 0 aromatic carbocycles. The van der Waals surface area contributed by atoms with Crippen LogP contribution < -0.4 is 11.1 Å². The maximum Gasteiger partial charge on any atom is 0.189 e. The number of nitrogens with two attached hydrogens (primary N) is 1. The number of aliphatic hydroxyl groups is 1. The molecule has 88 valence electrons. The lowest BCUT2D eigenvalue weighted by molar-refractivity contribution is 0.191. The van der Waals surface area contributed by atoms with Gasteiger partial charge in [-0.2, -0.15) is 0 Å². The molecule has 1 aromatic rings. The zero-order valence-electron chi connectivity index (χ0n) is 9.09. The first kappa shape index (κ1) is 12.4. The van der Waals surface area contributed by atoms with Gasteiger partial charge in [0, 0.05) is 19.3 Å². The van der Waals surface area contributed by atoms with Crippen molar-refractivity contribution in [1.29, 1.82) is 0 Å². The standard InChI is InChI=1S/C10H16N4O2/c1-7(15)5-12-6-8-3-2-4-13-9(8)10(11)14-16/h2-4,7,12,15-16H,5-6H2,1H3,(H2,11,14). The van der Waals surface area contributed by atoms with E-state index in [1.807, 2.05) is 6.07 Å². The second-order valence-corrected chi connectivity index (χ2v) is 3.48. The minimum Gasteiger partial charge on any atom is -0.409 e. The fourth-order valence-corrected chi connectivity index (χ4v) is 1.27. The van der Waals surface area contributed by atoms with Gasteiger partial charge in [0.1, 0.15) is 5.69 Å². The average molecular weight is 224 g/mol. The molecule has 0 aliphatic carbocycles. The number of hydrogen-bond donors (Lipinski definition) is 4. The maximum atomic E-state index is 9.09. The van der Waals surface area contributed by atoms with E-state index >= 15 is 0 Å². The van der Waals surface area contributed by atoms with Crippen LogP contribution in [0.3, 0.4) is 0 Å². The van der Waals surface area contributed by atoms with Crippen LogP contribution in [0.4, 0.5) is 0 Å². The van der Waals surface area contributed by atoms with Gasteiger partial charge in [0.2, 0.25) is 0 Å². The number of amidine groups is 1. The zero-order chi connectivity index (χ0) is 12.0. The number of nitrogens with zero attached hydrogens (tertiary/aromatic N) is 2. The summed E-state index contributed by atoms with van der Waals surface area (Å²) < 4.78 is 0. The molecule has 0 aliphatic rings. The predicted molar refractivity (Wildman–Crippen MR) is 60.1 cm³/mol. The van der Waals surface area contributed by atoms with Crippen LogP contribution >= 0.6 is 0 Å². The summed E-state index contributed by atoms with van der Waals surface area (Å²) in [6.45, 7) is 2.68. The van der Waals surface area contributed by atoms with E-state index in [9.17, 15) is 0 Å². The summed E-state index contributed by atoms with van der Waals surface area (Å²) in [5, 5.41) is 23.6. The Hall–Kier alpha value is -1.66. The van der Waals surface area contributed by atoms with E-state index in [0.717, 1.165) is 5.56 Å². The Morgan fingerprint density at radius 3 is 3.06 bits per heavy atom. The maximum absolute atomic E-state index is 9.09. The molecular weight excluding hydrogens is 208 g/mol. The molecule has 1 aromatic heterocycles. The number of aromatic nitrogens is 1. The highest BCUT2D eigenvalue weighted by Crippen LogP contribution is 2.04. The van der Waals surface area contributed by atoms with E-state index in [4.69, 9.17) is 16.0 Å². The largest absolute Gasteiger partial charge is 0.409 e. The monoisotopic (exact) mass is 224 g/mol. The van der Waals surface area contributed by atoms with E-state index in [1.54, 1.807) is 19.2 Å². The van der Waals surface area contributed by atoms with Gasteiger partial charge >= 0.3 is 0 Å². The number of nitrogens with one attached hydrogen (secondary N) is 1. The third kappa shape index (κ3) is 3.48. The summed E-state index contributed by atoms with van der Waals surface area (Å²) >= 11 is 0. The number of hydrogen-bond acceptors (Lipinski definition) is 5. The highest BCUT2D eigenvalue weighted by Gasteiger charge is 2.07. The lowest BCUT2D eigenvalue weighted by Crippen LogP contribution is -2.26. The summed E-state index contributed by atoms with van der Waals surface area (Å²) in [7, 11) is 0. The Labute approximate surface area is 93.8 Å². The van der Waals surface area contributed by atoms with Gasteiger partial charge in [-0.1, -0.05) is 11.2 Å². The Kier molecular flexibility index (Phi) is 4.68. The van der Waals surface area contributed by atoms with Gasteiger partial charge in [-0.25, -0.2) is 0 Å². The van der Waals surface area contributed by atoms with Crippen LogP contribution in [0.5, 0.6) is 0 Å². The van der Waals surface area contributed by atoms with E-state index < -0.39 is 6.10 Å². The van der Waals surface area contributed by atoms with Crippen molar-refractivity contribution >= 4 is 5.84 Å². The SMILES string of the molecule is CC(O)CNCc1cccnc1C(N)=NO. The molecule has 6 nitrogen and oxygen atoms in total. The molecule has 1 unspecified atom stereocenters. The second kappa shape index (κ2) is 6.04. The van der Waals surface area contributed by atoms with Crippen LogP contribution in [0.15, 0.2) is 23.5 Å². The van der Waals surface area contributed by atoms with E-state index in [2.05, 4.69) is 15.5 Å². The van der Waals surface area contributed by atoms with E-state index in [0.29, 0.717) is 18.8 Å². The third-order valence-electron chi connectivity index (χ3n) is 2.00. The van der Waals surface area contributed by atoms with E-state index in [1.165, 1.54) is 0 Å². The van der Waals surface area contributed by atoms with Crippen LogP contribution in [0.25, 0.3) is 0 Å². The summed E-state index contributed by atoms with van der Waals surface area (Å²) in [5.74, 6) is -0.0190. The molecule has 0 bridgehead atoms. The van der Waals surface area contributed by atoms with Crippen molar-refractivity contribution in [1.82, 2.24) is 10.3 Å². The normalized spacial score (nSPS) is 13.8. The summed E-state index contributed by atoms with van der Waals surface area (Å²) in [5.41, 5.74) is 6.75. The smallest absolute Gasteiger partial charge is 0.189 e. The van der Waals surface area contributed by atoms with Crippen molar-refractivity contribution in [2.45, 2.75) is 19.6 Å². The summed E-state index contributed by atoms with van der Waals surface area (Å²) in [6, 6.07) is 3.60.